The quantitative estimate of drug-likeness (QED) is 0.437. The number of halogens is 1. The molecular formula is C31H29ClN2O. The van der Waals surface area contributed by atoms with Gasteiger partial charge in [-0.3, -0.25) is 4.79 Å². The van der Waals surface area contributed by atoms with Crippen LogP contribution in [0.25, 0.3) is 17.2 Å². The van der Waals surface area contributed by atoms with Crippen LogP contribution >= 0.6 is 0 Å². The molecule has 1 amide bonds. The van der Waals surface area contributed by atoms with Gasteiger partial charge in [0.1, 0.15) is 0 Å². The van der Waals surface area contributed by atoms with E-state index in [4.69, 9.17) is 0 Å². The van der Waals surface area contributed by atoms with Gasteiger partial charge in [0.2, 0.25) is 0 Å². The van der Waals surface area contributed by atoms with Gasteiger partial charge in [-0.1, -0.05) is 54.6 Å². The third kappa shape index (κ3) is 5.52. The van der Waals surface area contributed by atoms with E-state index >= 15 is 0 Å². The number of hydrogen-bond acceptors (Lipinski definition) is 1. The van der Waals surface area contributed by atoms with Crippen LogP contribution in [-0.4, -0.2) is 5.91 Å². The number of carbonyl (C=O) groups is 1. The molecule has 1 heterocycles. The fraction of sp³-hybridized carbons (Fsp3) is 0.161. The molecule has 1 aliphatic carbocycles. The van der Waals surface area contributed by atoms with Crippen molar-refractivity contribution in [1.82, 2.24) is 0 Å². The minimum Gasteiger partial charge on any atom is -1.00 e. The van der Waals surface area contributed by atoms with Crippen LogP contribution in [0.4, 0.5) is 5.69 Å². The van der Waals surface area contributed by atoms with Gasteiger partial charge in [-0.05, 0) is 72.4 Å². The van der Waals surface area contributed by atoms with Crippen molar-refractivity contribution < 1.29 is 21.8 Å². The first-order chi connectivity index (χ1) is 16.6. The minimum atomic E-state index is -0.0209. The molecule has 3 nitrogen and oxygen atoms in total. The number of aryl methyl sites for hydroxylation is 2. The van der Waals surface area contributed by atoms with Crippen LogP contribution in [0.15, 0.2) is 96.7 Å². The number of fused-ring (bicyclic) bond motifs is 1. The van der Waals surface area contributed by atoms with Crippen molar-refractivity contribution in [3.8, 4) is 11.1 Å². The Bertz CT molecular complexity index is 1380. The molecule has 176 valence electrons. The van der Waals surface area contributed by atoms with Crippen LogP contribution in [-0.2, 0) is 17.8 Å². The van der Waals surface area contributed by atoms with Gasteiger partial charge in [0.15, 0.2) is 18.4 Å². The first kappa shape index (κ1) is 24.4. The molecule has 0 saturated heterocycles. The highest BCUT2D eigenvalue weighted by Gasteiger charge is 2.17. The van der Waals surface area contributed by atoms with Crippen molar-refractivity contribution in [3.05, 3.63) is 125 Å². The van der Waals surface area contributed by atoms with Crippen molar-refractivity contribution in [2.75, 3.05) is 5.32 Å². The molecule has 0 bridgehead atoms. The lowest BCUT2D eigenvalue weighted by Crippen LogP contribution is -3.00. The van der Waals surface area contributed by atoms with Crippen LogP contribution in [0.3, 0.4) is 0 Å². The minimum absolute atomic E-state index is 0. The van der Waals surface area contributed by atoms with Gasteiger partial charge < -0.3 is 17.7 Å². The van der Waals surface area contributed by atoms with E-state index in [1.54, 1.807) is 0 Å². The molecular weight excluding hydrogens is 452 g/mol. The molecule has 0 unspecified atom stereocenters. The molecule has 0 radical (unpaired) electrons. The molecule has 4 aromatic rings. The maximum absolute atomic E-state index is 13.0. The lowest BCUT2D eigenvalue weighted by atomic mass is 9.89. The number of anilines is 1. The standard InChI is InChI=1S/C31H28N2O.ClH/c1-22-7-6-18-33(23(22)2)21-24-10-16-30(17-11-24)32-31(34)28-15-13-26-12-14-27(19-29(26)20-28)25-8-4-3-5-9-25;/h3-12,14,16-20H,13,15,21H2,1-2H3;1H. The summed E-state index contributed by atoms with van der Waals surface area (Å²) in [6.45, 7) is 5.08. The van der Waals surface area contributed by atoms with Crippen molar-refractivity contribution in [2.45, 2.75) is 33.2 Å². The third-order valence-electron chi connectivity index (χ3n) is 6.72. The third-order valence-corrected chi connectivity index (χ3v) is 6.72. The Balaban J connectivity index is 0.00000289. The van der Waals surface area contributed by atoms with E-state index in [1.807, 2.05) is 24.3 Å². The summed E-state index contributed by atoms with van der Waals surface area (Å²) < 4.78 is 2.25. The molecule has 0 saturated carbocycles. The molecule has 3 aromatic carbocycles. The summed E-state index contributed by atoms with van der Waals surface area (Å²) in [6, 6.07) is 29.3. The monoisotopic (exact) mass is 480 g/mol. The van der Waals surface area contributed by atoms with Crippen LogP contribution in [0.5, 0.6) is 0 Å². The SMILES string of the molecule is Cc1ccc[n+](Cc2ccc(NC(=O)C3=Cc4cc(-c5ccccc5)ccc4CC3)cc2)c1C.[Cl-]. The van der Waals surface area contributed by atoms with Crippen LogP contribution in [0.2, 0.25) is 0 Å². The molecule has 1 aliphatic rings. The highest BCUT2D eigenvalue weighted by atomic mass is 35.5. The van der Waals surface area contributed by atoms with Gasteiger partial charge in [-0.15, -0.1) is 0 Å². The topological polar surface area (TPSA) is 33.0 Å². The van der Waals surface area contributed by atoms with Crippen molar-refractivity contribution in [2.24, 2.45) is 0 Å². The predicted octanol–water partition coefficient (Wildman–Crippen LogP) is 3.28. The molecule has 0 atom stereocenters. The van der Waals surface area contributed by atoms with Crippen molar-refractivity contribution in [1.29, 1.82) is 0 Å². The van der Waals surface area contributed by atoms with E-state index in [0.29, 0.717) is 0 Å². The Hall–Kier alpha value is -3.69. The van der Waals surface area contributed by atoms with Gasteiger partial charge in [-0.25, -0.2) is 0 Å². The highest BCUT2D eigenvalue weighted by molar-refractivity contribution is 6.07. The lowest BCUT2D eigenvalue weighted by molar-refractivity contribution is -0.694. The molecule has 1 N–H and O–H groups in total. The lowest BCUT2D eigenvalue weighted by Gasteiger charge is -2.17. The maximum atomic E-state index is 13.0. The summed E-state index contributed by atoms with van der Waals surface area (Å²) in [5.41, 5.74) is 10.2. The van der Waals surface area contributed by atoms with E-state index < -0.39 is 0 Å². The second-order valence-electron chi connectivity index (χ2n) is 9.00. The molecule has 0 spiro atoms. The first-order valence-corrected chi connectivity index (χ1v) is 11.8. The van der Waals surface area contributed by atoms with Crippen molar-refractivity contribution in [3.63, 3.8) is 0 Å². The summed E-state index contributed by atoms with van der Waals surface area (Å²) in [5, 5.41) is 3.09. The van der Waals surface area contributed by atoms with Crippen LogP contribution in [0.1, 0.15) is 34.4 Å². The Labute approximate surface area is 213 Å². The largest absolute Gasteiger partial charge is 1.00 e. The average molecular weight is 481 g/mol. The fourth-order valence-electron chi connectivity index (χ4n) is 4.50. The number of hydrogen-bond donors (Lipinski definition) is 1. The summed E-state index contributed by atoms with van der Waals surface area (Å²) >= 11 is 0. The van der Waals surface area contributed by atoms with Crippen LogP contribution < -0.4 is 22.3 Å². The van der Waals surface area contributed by atoms with Crippen molar-refractivity contribution >= 4 is 17.7 Å². The maximum Gasteiger partial charge on any atom is 0.251 e. The number of aromatic nitrogens is 1. The average Bonchev–Trinajstić information content (AvgIpc) is 2.88. The smallest absolute Gasteiger partial charge is 0.251 e. The molecule has 35 heavy (non-hydrogen) atoms. The zero-order valence-electron chi connectivity index (χ0n) is 20.1. The van der Waals surface area contributed by atoms with Crippen LogP contribution in [0, 0.1) is 13.8 Å². The number of nitrogens with one attached hydrogen (secondary N) is 1. The summed E-state index contributed by atoms with van der Waals surface area (Å²) in [6.07, 6.45) is 5.79. The van der Waals surface area contributed by atoms with Gasteiger partial charge in [-0.2, -0.15) is 4.57 Å². The Morgan fingerprint density at radius 1 is 0.857 bits per heavy atom. The second-order valence-corrected chi connectivity index (χ2v) is 9.00. The zero-order chi connectivity index (χ0) is 23.5. The van der Waals surface area contributed by atoms with Gasteiger partial charge >= 0.3 is 0 Å². The zero-order valence-corrected chi connectivity index (χ0v) is 20.8. The number of rotatable bonds is 5. The van der Waals surface area contributed by atoms with Gasteiger partial charge in [0.25, 0.3) is 5.91 Å². The Morgan fingerprint density at radius 2 is 1.63 bits per heavy atom. The van der Waals surface area contributed by atoms with Gasteiger partial charge in [0, 0.05) is 35.4 Å². The first-order valence-electron chi connectivity index (χ1n) is 11.8. The fourth-order valence-corrected chi connectivity index (χ4v) is 4.50. The predicted molar refractivity (Wildman–Crippen MR) is 138 cm³/mol. The molecule has 0 aliphatic heterocycles. The normalized spacial score (nSPS) is 12.2. The highest BCUT2D eigenvalue weighted by Crippen LogP contribution is 2.29. The molecule has 1 aromatic heterocycles. The van der Waals surface area contributed by atoms with E-state index in [2.05, 4.69) is 96.7 Å². The number of amides is 1. The van der Waals surface area contributed by atoms with E-state index in [9.17, 15) is 4.79 Å². The number of benzene rings is 3. The summed E-state index contributed by atoms with van der Waals surface area (Å²) in [5.74, 6) is -0.0209. The summed E-state index contributed by atoms with van der Waals surface area (Å²) in [7, 11) is 0. The number of carbonyl (C=O) groups excluding carboxylic acids is 1. The Morgan fingerprint density at radius 3 is 2.40 bits per heavy atom. The van der Waals surface area contributed by atoms with E-state index in [1.165, 1.54) is 33.5 Å². The van der Waals surface area contributed by atoms with E-state index in [-0.39, 0.29) is 18.3 Å². The Kier molecular flexibility index (Phi) is 7.48. The number of pyridine rings is 1. The molecule has 0 fully saturated rings. The number of nitrogens with zero attached hydrogens (tertiary/aromatic N) is 1. The van der Waals surface area contributed by atoms with Gasteiger partial charge in [0.05, 0.1) is 0 Å². The molecule has 5 rings (SSSR count). The molecule has 4 heteroatoms. The van der Waals surface area contributed by atoms with E-state index in [0.717, 1.165) is 36.2 Å². The summed E-state index contributed by atoms with van der Waals surface area (Å²) in [4.78, 5) is 13.0. The second kappa shape index (κ2) is 10.7.